The van der Waals surface area contributed by atoms with Gasteiger partial charge in [-0.3, -0.25) is 0 Å². The number of hydrogen-bond acceptors (Lipinski definition) is 2. The van der Waals surface area contributed by atoms with E-state index in [4.69, 9.17) is 28.9 Å². The zero-order chi connectivity index (χ0) is 13.8. The second-order valence-corrected chi connectivity index (χ2v) is 5.23. The van der Waals surface area contributed by atoms with Crippen LogP contribution in [0, 0.1) is 6.92 Å². The van der Waals surface area contributed by atoms with Gasteiger partial charge in [-0.15, -0.1) is 0 Å². The predicted molar refractivity (Wildman–Crippen MR) is 83.1 cm³/mol. The molecule has 2 aromatic carbocycles. The first-order valence-corrected chi connectivity index (χ1v) is 6.84. The van der Waals surface area contributed by atoms with Crippen molar-refractivity contribution in [2.24, 2.45) is 5.73 Å². The van der Waals surface area contributed by atoms with Gasteiger partial charge in [-0.25, -0.2) is 0 Å². The SMILES string of the molecule is Cc1cccc(NC(CN)c2cccc(Cl)c2Cl)c1. The first kappa shape index (κ1) is 14.2. The van der Waals surface area contributed by atoms with E-state index in [1.807, 2.05) is 24.3 Å². The van der Waals surface area contributed by atoms with Crippen LogP contribution in [0.1, 0.15) is 17.2 Å². The highest BCUT2D eigenvalue weighted by Crippen LogP contribution is 2.31. The molecule has 0 saturated carbocycles. The van der Waals surface area contributed by atoms with Gasteiger partial charge in [-0.05, 0) is 36.2 Å². The van der Waals surface area contributed by atoms with Gasteiger partial charge in [0.15, 0.2) is 0 Å². The molecule has 0 fully saturated rings. The summed E-state index contributed by atoms with van der Waals surface area (Å²) in [6.07, 6.45) is 0. The maximum Gasteiger partial charge on any atom is 0.0651 e. The number of rotatable bonds is 4. The molecule has 0 aliphatic heterocycles. The van der Waals surface area contributed by atoms with Crippen LogP contribution in [0.5, 0.6) is 0 Å². The fourth-order valence-electron chi connectivity index (χ4n) is 1.99. The van der Waals surface area contributed by atoms with Crippen molar-refractivity contribution in [3.8, 4) is 0 Å². The monoisotopic (exact) mass is 294 g/mol. The third kappa shape index (κ3) is 3.41. The van der Waals surface area contributed by atoms with E-state index in [1.54, 1.807) is 6.07 Å². The van der Waals surface area contributed by atoms with Crippen molar-refractivity contribution in [1.29, 1.82) is 0 Å². The highest BCUT2D eigenvalue weighted by Gasteiger charge is 2.14. The van der Waals surface area contributed by atoms with Crippen molar-refractivity contribution in [3.05, 3.63) is 63.6 Å². The van der Waals surface area contributed by atoms with Gasteiger partial charge in [0.1, 0.15) is 0 Å². The molecule has 0 heterocycles. The topological polar surface area (TPSA) is 38.0 Å². The van der Waals surface area contributed by atoms with Gasteiger partial charge in [0.2, 0.25) is 0 Å². The van der Waals surface area contributed by atoms with Crippen LogP contribution >= 0.6 is 23.2 Å². The molecule has 3 N–H and O–H groups in total. The van der Waals surface area contributed by atoms with Gasteiger partial charge in [0, 0.05) is 12.2 Å². The fraction of sp³-hybridized carbons (Fsp3) is 0.200. The summed E-state index contributed by atoms with van der Waals surface area (Å²) in [5.41, 5.74) is 8.97. The van der Waals surface area contributed by atoms with Crippen molar-refractivity contribution in [2.75, 3.05) is 11.9 Å². The third-order valence-electron chi connectivity index (χ3n) is 2.95. The average Bonchev–Trinajstić information content (AvgIpc) is 2.40. The van der Waals surface area contributed by atoms with Crippen LogP contribution in [0.3, 0.4) is 0 Å². The molecule has 1 atom stereocenters. The van der Waals surface area contributed by atoms with E-state index >= 15 is 0 Å². The molecule has 19 heavy (non-hydrogen) atoms. The Morgan fingerprint density at radius 2 is 1.89 bits per heavy atom. The van der Waals surface area contributed by atoms with Gasteiger partial charge in [-0.2, -0.15) is 0 Å². The van der Waals surface area contributed by atoms with Crippen LogP contribution in [0.25, 0.3) is 0 Å². The van der Waals surface area contributed by atoms with Gasteiger partial charge in [-0.1, -0.05) is 47.5 Å². The Labute approximate surface area is 123 Å². The smallest absolute Gasteiger partial charge is 0.0651 e. The molecule has 0 bridgehead atoms. The lowest BCUT2D eigenvalue weighted by molar-refractivity contribution is 0.790. The van der Waals surface area contributed by atoms with Crippen LogP contribution in [0.15, 0.2) is 42.5 Å². The summed E-state index contributed by atoms with van der Waals surface area (Å²) < 4.78 is 0. The highest BCUT2D eigenvalue weighted by molar-refractivity contribution is 6.42. The number of nitrogens with one attached hydrogen (secondary N) is 1. The van der Waals surface area contributed by atoms with Crippen molar-refractivity contribution in [3.63, 3.8) is 0 Å². The summed E-state index contributed by atoms with van der Waals surface area (Å²) in [6, 6.07) is 13.7. The molecular formula is C15H16Cl2N2. The lowest BCUT2D eigenvalue weighted by atomic mass is 10.1. The minimum Gasteiger partial charge on any atom is -0.377 e. The first-order valence-electron chi connectivity index (χ1n) is 6.09. The molecule has 0 aliphatic carbocycles. The summed E-state index contributed by atoms with van der Waals surface area (Å²) in [6.45, 7) is 2.49. The van der Waals surface area contributed by atoms with Crippen molar-refractivity contribution in [1.82, 2.24) is 0 Å². The summed E-state index contributed by atoms with van der Waals surface area (Å²) in [5, 5.41) is 4.49. The first-order chi connectivity index (χ1) is 9.11. The van der Waals surface area contributed by atoms with E-state index in [-0.39, 0.29) is 6.04 Å². The van der Waals surface area contributed by atoms with E-state index in [1.165, 1.54) is 5.56 Å². The second kappa shape index (κ2) is 6.29. The number of nitrogens with two attached hydrogens (primary N) is 1. The molecule has 100 valence electrons. The van der Waals surface area contributed by atoms with E-state index in [2.05, 4.69) is 24.4 Å². The molecule has 0 spiro atoms. The minimum absolute atomic E-state index is 0.0620. The molecule has 2 nitrogen and oxygen atoms in total. The van der Waals surface area contributed by atoms with Crippen molar-refractivity contribution in [2.45, 2.75) is 13.0 Å². The molecular weight excluding hydrogens is 279 g/mol. The molecule has 2 aromatic rings. The van der Waals surface area contributed by atoms with E-state index in [0.717, 1.165) is 11.3 Å². The molecule has 2 rings (SSSR count). The zero-order valence-electron chi connectivity index (χ0n) is 10.7. The Balaban J connectivity index is 2.28. The highest BCUT2D eigenvalue weighted by atomic mass is 35.5. The lowest BCUT2D eigenvalue weighted by Gasteiger charge is -2.20. The molecule has 0 saturated heterocycles. The van der Waals surface area contributed by atoms with Gasteiger partial charge in [0.05, 0.1) is 16.1 Å². The average molecular weight is 295 g/mol. The van der Waals surface area contributed by atoms with E-state index < -0.39 is 0 Å². The van der Waals surface area contributed by atoms with E-state index in [0.29, 0.717) is 16.6 Å². The maximum absolute atomic E-state index is 6.24. The number of benzene rings is 2. The quantitative estimate of drug-likeness (QED) is 0.876. The van der Waals surface area contributed by atoms with Crippen LogP contribution in [0.2, 0.25) is 10.0 Å². The zero-order valence-corrected chi connectivity index (χ0v) is 12.2. The number of halogens is 2. The van der Waals surface area contributed by atoms with Crippen LogP contribution in [-0.2, 0) is 0 Å². The summed E-state index contributed by atoms with van der Waals surface area (Å²) in [7, 11) is 0. The number of hydrogen-bond donors (Lipinski definition) is 2. The Bertz CT molecular complexity index is 570. The Hall–Kier alpha value is -1.22. The van der Waals surface area contributed by atoms with Crippen LogP contribution < -0.4 is 11.1 Å². The molecule has 0 aromatic heterocycles. The third-order valence-corrected chi connectivity index (χ3v) is 3.79. The normalized spacial score (nSPS) is 12.2. The summed E-state index contributed by atoms with van der Waals surface area (Å²) in [5.74, 6) is 0. The van der Waals surface area contributed by atoms with Crippen LogP contribution in [0.4, 0.5) is 5.69 Å². The second-order valence-electron chi connectivity index (χ2n) is 4.45. The Kier molecular flexibility index (Phi) is 4.70. The van der Waals surface area contributed by atoms with E-state index in [9.17, 15) is 0 Å². The molecule has 4 heteroatoms. The van der Waals surface area contributed by atoms with Gasteiger partial charge < -0.3 is 11.1 Å². The number of aryl methyl sites for hydroxylation is 1. The lowest BCUT2D eigenvalue weighted by Crippen LogP contribution is -2.21. The molecule has 1 unspecified atom stereocenters. The van der Waals surface area contributed by atoms with Crippen LogP contribution in [-0.4, -0.2) is 6.54 Å². The predicted octanol–water partition coefficient (Wildman–Crippen LogP) is 4.41. The molecule has 0 aliphatic rings. The Morgan fingerprint density at radius 1 is 1.16 bits per heavy atom. The minimum atomic E-state index is -0.0620. The van der Waals surface area contributed by atoms with Gasteiger partial charge >= 0.3 is 0 Å². The van der Waals surface area contributed by atoms with Crippen molar-refractivity contribution < 1.29 is 0 Å². The Morgan fingerprint density at radius 3 is 2.58 bits per heavy atom. The number of anilines is 1. The largest absolute Gasteiger partial charge is 0.377 e. The van der Waals surface area contributed by atoms with Gasteiger partial charge in [0.25, 0.3) is 0 Å². The molecule has 0 radical (unpaired) electrons. The fourth-order valence-corrected chi connectivity index (χ4v) is 2.43. The van der Waals surface area contributed by atoms with Crippen molar-refractivity contribution >= 4 is 28.9 Å². The maximum atomic E-state index is 6.24. The standard InChI is InChI=1S/C15H16Cl2N2/c1-10-4-2-5-11(8-10)19-14(9-18)12-6-3-7-13(16)15(12)17/h2-8,14,19H,9,18H2,1H3. The molecule has 0 amide bonds. The summed E-state index contributed by atoms with van der Waals surface area (Å²) in [4.78, 5) is 0. The summed E-state index contributed by atoms with van der Waals surface area (Å²) >= 11 is 12.3.